The molecule has 94 valence electrons. The van der Waals surface area contributed by atoms with E-state index in [9.17, 15) is 4.79 Å². The standard InChI is InChI=1S/C13H17BrClNO/c14-9-2-1-3-13(17)16-10-8-11-4-6-12(15)7-5-11/h4-7H,1-3,8-10H2,(H,16,17). The number of amides is 1. The maximum atomic E-state index is 11.4. The number of alkyl halides is 1. The summed E-state index contributed by atoms with van der Waals surface area (Å²) in [5, 5.41) is 4.62. The summed E-state index contributed by atoms with van der Waals surface area (Å²) in [7, 11) is 0. The Kier molecular flexibility index (Phi) is 7.29. The van der Waals surface area contributed by atoms with Gasteiger partial charge in [0, 0.05) is 23.3 Å². The van der Waals surface area contributed by atoms with Crippen molar-refractivity contribution in [2.75, 3.05) is 11.9 Å². The number of hydrogen-bond donors (Lipinski definition) is 1. The molecule has 1 amide bonds. The van der Waals surface area contributed by atoms with Gasteiger partial charge >= 0.3 is 0 Å². The molecule has 0 heterocycles. The number of hydrogen-bond acceptors (Lipinski definition) is 1. The van der Waals surface area contributed by atoms with Gasteiger partial charge in [0.25, 0.3) is 0 Å². The lowest BCUT2D eigenvalue weighted by Crippen LogP contribution is -2.25. The molecule has 0 spiro atoms. The molecule has 0 saturated heterocycles. The van der Waals surface area contributed by atoms with Crippen LogP contribution >= 0.6 is 27.5 Å². The first kappa shape index (κ1) is 14.5. The van der Waals surface area contributed by atoms with Crippen molar-refractivity contribution >= 4 is 33.4 Å². The zero-order valence-electron chi connectivity index (χ0n) is 9.72. The number of unbranched alkanes of at least 4 members (excludes halogenated alkanes) is 1. The van der Waals surface area contributed by atoms with Crippen LogP contribution in [0.4, 0.5) is 0 Å². The fourth-order valence-corrected chi connectivity index (χ4v) is 1.99. The van der Waals surface area contributed by atoms with Crippen molar-refractivity contribution in [2.45, 2.75) is 25.7 Å². The van der Waals surface area contributed by atoms with Crippen molar-refractivity contribution in [1.29, 1.82) is 0 Å². The van der Waals surface area contributed by atoms with Crippen molar-refractivity contribution in [1.82, 2.24) is 5.32 Å². The Hall–Kier alpha value is -0.540. The van der Waals surface area contributed by atoms with Crippen molar-refractivity contribution in [3.63, 3.8) is 0 Å². The molecule has 17 heavy (non-hydrogen) atoms. The fourth-order valence-electron chi connectivity index (χ4n) is 1.47. The summed E-state index contributed by atoms with van der Waals surface area (Å²) in [4.78, 5) is 11.4. The summed E-state index contributed by atoms with van der Waals surface area (Å²) in [6.45, 7) is 0.689. The number of carbonyl (C=O) groups is 1. The molecule has 0 unspecified atom stereocenters. The summed E-state index contributed by atoms with van der Waals surface area (Å²) in [5.41, 5.74) is 1.19. The highest BCUT2D eigenvalue weighted by molar-refractivity contribution is 9.09. The number of carbonyl (C=O) groups excluding carboxylic acids is 1. The highest BCUT2D eigenvalue weighted by Gasteiger charge is 2.00. The molecule has 0 fully saturated rings. The second-order valence-corrected chi connectivity index (χ2v) is 5.10. The molecule has 0 aliphatic carbocycles. The molecule has 4 heteroatoms. The number of halogens is 2. The second-order valence-electron chi connectivity index (χ2n) is 3.87. The Bertz CT molecular complexity index is 340. The third-order valence-electron chi connectivity index (χ3n) is 2.44. The van der Waals surface area contributed by atoms with Gasteiger partial charge in [0.05, 0.1) is 0 Å². The molecule has 1 N–H and O–H groups in total. The van der Waals surface area contributed by atoms with Crippen molar-refractivity contribution in [2.24, 2.45) is 0 Å². The smallest absolute Gasteiger partial charge is 0.220 e. The minimum absolute atomic E-state index is 0.139. The lowest BCUT2D eigenvalue weighted by atomic mass is 10.1. The van der Waals surface area contributed by atoms with E-state index in [1.165, 1.54) is 5.56 Å². The van der Waals surface area contributed by atoms with E-state index in [0.29, 0.717) is 13.0 Å². The molecule has 1 aromatic carbocycles. The predicted octanol–water partition coefficient (Wildman–Crippen LogP) is 3.56. The minimum atomic E-state index is 0.139. The van der Waals surface area contributed by atoms with E-state index >= 15 is 0 Å². The Balaban J connectivity index is 2.14. The first-order chi connectivity index (χ1) is 8.22. The molecule has 1 aromatic rings. The predicted molar refractivity (Wildman–Crippen MR) is 75.8 cm³/mol. The van der Waals surface area contributed by atoms with Gasteiger partial charge in [-0.2, -0.15) is 0 Å². The van der Waals surface area contributed by atoms with Crippen LogP contribution in [0.25, 0.3) is 0 Å². The summed E-state index contributed by atoms with van der Waals surface area (Å²) in [6.07, 6.45) is 3.45. The SMILES string of the molecule is O=C(CCCCBr)NCCc1ccc(Cl)cc1. The first-order valence-corrected chi connectivity index (χ1v) is 7.29. The van der Waals surface area contributed by atoms with E-state index in [4.69, 9.17) is 11.6 Å². The minimum Gasteiger partial charge on any atom is -0.356 e. The summed E-state index contributed by atoms with van der Waals surface area (Å²) >= 11 is 9.14. The van der Waals surface area contributed by atoms with Crippen LogP contribution in [0, 0.1) is 0 Å². The average molecular weight is 319 g/mol. The lowest BCUT2D eigenvalue weighted by Gasteiger charge is -2.05. The van der Waals surface area contributed by atoms with Crippen LogP contribution < -0.4 is 5.32 Å². The van der Waals surface area contributed by atoms with Crippen molar-refractivity contribution in [3.8, 4) is 0 Å². The molecule has 0 aliphatic rings. The van der Waals surface area contributed by atoms with Crippen LogP contribution in [0.3, 0.4) is 0 Å². The van der Waals surface area contributed by atoms with Crippen LogP contribution in [0.2, 0.25) is 5.02 Å². The first-order valence-electron chi connectivity index (χ1n) is 5.79. The quantitative estimate of drug-likeness (QED) is 0.604. The summed E-state index contributed by atoms with van der Waals surface area (Å²) < 4.78 is 0. The molecule has 1 rings (SSSR count). The van der Waals surface area contributed by atoms with Crippen LogP contribution in [-0.4, -0.2) is 17.8 Å². The zero-order valence-corrected chi connectivity index (χ0v) is 12.1. The molecule has 0 bridgehead atoms. The van der Waals surface area contributed by atoms with E-state index in [2.05, 4.69) is 21.2 Å². The van der Waals surface area contributed by atoms with Crippen LogP contribution in [0.5, 0.6) is 0 Å². The molecule has 0 radical (unpaired) electrons. The highest BCUT2D eigenvalue weighted by atomic mass is 79.9. The van der Waals surface area contributed by atoms with E-state index in [0.717, 1.165) is 29.6 Å². The fraction of sp³-hybridized carbons (Fsp3) is 0.462. The molecule has 0 saturated carbocycles. The van der Waals surface area contributed by atoms with E-state index in [1.807, 2.05) is 24.3 Å². The van der Waals surface area contributed by atoms with E-state index in [-0.39, 0.29) is 5.91 Å². The Morgan fingerprint density at radius 1 is 1.24 bits per heavy atom. The van der Waals surface area contributed by atoms with Gasteiger partial charge in [-0.3, -0.25) is 4.79 Å². The summed E-state index contributed by atoms with van der Waals surface area (Å²) in [5.74, 6) is 0.139. The maximum absolute atomic E-state index is 11.4. The van der Waals surface area contributed by atoms with Gasteiger partial charge in [-0.25, -0.2) is 0 Å². The Morgan fingerprint density at radius 3 is 2.59 bits per heavy atom. The van der Waals surface area contributed by atoms with Crippen molar-refractivity contribution < 1.29 is 4.79 Å². The van der Waals surface area contributed by atoms with E-state index in [1.54, 1.807) is 0 Å². The number of rotatable bonds is 7. The van der Waals surface area contributed by atoms with Crippen molar-refractivity contribution in [3.05, 3.63) is 34.9 Å². The zero-order chi connectivity index (χ0) is 12.5. The van der Waals surface area contributed by atoms with Gasteiger partial charge in [0.1, 0.15) is 0 Å². The van der Waals surface area contributed by atoms with Gasteiger partial charge in [-0.15, -0.1) is 0 Å². The van der Waals surface area contributed by atoms with Gasteiger partial charge in [-0.05, 0) is 37.0 Å². The molecule has 0 atom stereocenters. The molecular formula is C13H17BrClNO. The third-order valence-corrected chi connectivity index (χ3v) is 3.25. The normalized spacial score (nSPS) is 10.2. The monoisotopic (exact) mass is 317 g/mol. The third kappa shape index (κ3) is 6.69. The Labute approximate surface area is 116 Å². The highest BCUT2D eigenvalue weighted by Crippen LogP contribution is 2.09. The molecule has 2 nitrogen and oxygen atoms in total. The van der Waals surface area contributed by atoms with E-state index < -0.39 is 0 Å². The largest absolute Gasteiger partial charge is 0.356 e. The van der Waals surface area contributed by atoms with Gasteiger partial charge in [0.2, 0.25) is 5.91 Å². The topological polar surface area (TPSA) is 29.1 Å². The van der Waals surface area contributed by atoms with Gasteiger partial charge < -0.3 is 5.32 Å². The lowest BCUT2D eigenvalue weighted by molar-refractivity contribution is -0.121. The molecule has 0 aliphatic heterocycles. The van der Waals surface area contributed by atoms with Crippen LogP contribution in [0.15, 0.2) is 24.3 Å². The summed E-state index contributed by atoms with van der Waals surface area (Å²) in [6, 6.07) is 7.71. The Morgan fingerprint density at radius 2 is 1.94 bits per heavy atom. The maximum Gasteiger partial charge on any atom is 0.220 e. The molecular weight excluding hydrogens is 302 g/mol. The molecule has 0 aromatic heterocycles. The average Bonchev–Trinajstić information content (AvgIpc) is 2.32. The van der Waals surface area contributed by atoms with Gasteiger partial charge in [0.15, 0.2) is 0 Å². The van der Waals surface area contributed by atoms with Gasteiger partial charge in [-0.1, -0.05) is 39.7 Å². The number of nitrogens with one attached hydrogen (secondary N) is 1. The number of benzene rings is 1. The van der Waals surface area contributed by atoms with Crippen LogP contribution in [0.1, 0.15) is 24.8 Å². The van der Waals surface area contributed by atoms with Crippen LogP contribution in [-0.2, 0) is 11.2 Å². The second kappa shape index (κ2) is 8.54.